The molecule has 1 unspecified atom stereocenters. The Labute approximate surface area is 105 Å². The van der Waals surface area contributed by atoms with Crippen LogP contribution in [0.3, 0.4) is 0 Å². The highest BCUT2D eigenvalue weighted by Crippen LogP contribution is 2.21. The molecule has 0 amide bonds. The zero-order valence-corrected chi connectivity index (χ0v) is 11.7. The summed E-state index contributed by atoms with van der Waals surface area (Å²) < 4.78 is 16.0. The maximum absolute atomic E-state index is 11.8. The fourth-order valence-corrected chi connectivity index (χ4v) is 1.65. The van der Waals surface area contributed by atoms with Crippen LogP contribution >= 0.6 is 0 Å². The van der Waals surface area contributed by atoms with E-state index in [1.807, 2.05) is 34.6 Å². The molecule has 0 aromatic heterocycles. The second-order valence-corrected chi connectivity index (χ2v) is 4.18. The maximum atomic E-state index is 11.8. The molecule has 0 spiro atoms. The Kier molecular flexibility index (Phi) is 9.09. The molecule has 0 aromatic rings. The summed E-state index contributed by atoms with van der Waals surface area (Å²) in [4.78, 5) is 11.8. The monoisotopic (exact) mass is 246 g/mol. The number of rotatable bonds is 9. The fraction of sp³-hybridized carbons (Fsp3) is 0.923. The van der Waals surface area contributed by atoms with E-state index in [9.17, 15) is 4.79 Å². The average molecular weight is 246 g/mol. The molecule has 0 saturated carbocycles. The van der Waals surface area contributed by atoms with Crippen LogP contribution in [0.15, 0.2) is 0 Å². The molecule has 0 fully saturated rings. The van der Waals surface area contributed by atoms with Gasteiger partial charge in [-0.2, -0.15) is 0 Å². The van der Waals surface area contributed by atoms with Crippen molar-refractivity contribution in [2.75, 3.05) is 19.8 Å². The second kappa shape index (κ2) is 9.42. The van der Waals surface area contributed by atoms with Crippen LogP contribution in [0.1, 0.15) is 41.0 Å². The van der Waals surface area contributed by atoms with Crippen molar-refractivity contribution in [3.63, 3.8) is 0 Å². The third kappa shape index (κ3) is 6.64. The van der Waals surface area contributed by atoms with Crippen molar-refractivity contribution in [1.82, 2.24) is 0 Å². The summed E-state index contributed by atoms with van der Waals surface area (Å²) >= 11 is 0. The van der Waals surface area contributed by atoms with Gasteiger partial charge in [-0.05, 0) is 26.7 Å². The van der Waals surface area contributed by atoms with Crippen molar-refractivity contribution in [3.8, 4) is 0 Å². The molecule has 17 heavy (non-hydrogen) atoms. The Morgan fingerprint density at radius 3 is 1.88 bits per heavy atom. The largest absolute Gasteiger partial charge is 0.466 e. The fourth-order valence-electron chi connectivity index (χ4n) is 1.65. The van der Waals surface area contributed by atoms with Gasteiger partial charge in [0.25, 0.3) is 0 Å². The lowest BCUT2D eigenvalue weighted by atomic mass is 9.92. The summed E-state index contributed by atoms with van der Waals surface area (Å²) in [5, 5.41) is 0. The standard InChI is InChI=1S/C13H26O4/c1-6-15-12(16-7-2)9-11(10(4)5)13(14)17-8-3/h10-12H,6-9H2,1-5H3. The van der Waals surface area contributed by atoms with E-state index in [4.69, 9.17) is 14.2 Å². The number of hydrogen-bond acceptors (Lipinski definition) is 4. The highest BCUT2D eigenvalue weighted by atomic mass is 16.7. The molecule has 0 radical (unpaired) electrons. The van der Waals surface area contributed by atoms with Gasteiger partial charge in [-0.1, -0.05) is 13.8 Å². The van der Waals surface area contributed by atoms with Crippen molar-refractivity contribution in [1.29, 1.82) is 0 Å². The van der Waals surface area contributed by atoms with Crippen LogP contribution in [0.5, 0.6) is 0 Å². The minimum atomic E-state index is -0.318. The van der Waals surface area contributed by atoms with Gasteiger partial charge in [0.15, 0.2) is 6.29 Å². The molecular weight excluding hydrogens is 220 g/mol. The molecule has 0 aromatic carbocycles. The van der Waals surface area contributed by atoms with E-state index >= 15 is 0 Å². The topological polar surface area (TPSA) is 44.8 Å². The SMILES string of the molecule is CCOC(=O)C(CC(OCC)OCC)C(C)C. The molecule has 0 bridgehead atoms. The lowest BCUT2D eigenvalue weighted by molar-refractivity contribution is -0.167. The summed E-state index contributed by atoms with van der Waals surface area (Å²) in [7, 11) is 0. The highest BCUT2D eigenvalue weighted by Gasteiger charge is 2.27. The van der Waals surface area contributed by atoms with Crippen LogP contribution in [0.4, 0.5) is 0 Å². The van der Waals surface area contributed by atoms with E-state index < -0.39 is 0 Å². The summed E-state index contributed by atoms with van der Waals surface area (Å²) in [6, 6.07) is 0. The smallest absolute Gasteiger partial charge is 0.309 e. The van der Waals surface area contributed by atoms with E-state index in [-0.39, 0.29) is 24.1 Å². The third-order valence-corrected chi connectivity index (χ3v) is 2.55. The maximum Gasteiger partial charge on any atom is 0.309 e. The molecule has 0 aliphatic heterocycles. The van der Waals surface area contributed by atoms with Crippen molar-refractivity contribution >= 4 is 5.97 Å². The number of carbonyl (C=O) groups is 1. The Bertz CT molecular complexity index is 198. The number of hydrogen-bond donors (Lipinski definition) is 0. The van der Waals surface area contributed by atoms with Crippen LogP contribution in [-0.2, 0) is 19.0 Å². The van der Waals surface area contributed by atoms with Crippen molar-refractivity contribution in [3.05, 3.63) is 0 Å². The molecule has 0 aliphatic carbocycles. The second-order valence-electron chi connectivity index (χ2n) is 4.18. The molecule has 0 saturated heterocycles. The van der Waals surface area contributed by atoms with E-state index in [1.165, 1.54) is 0 Å². The Balaban J connectivity index is 4.43. The first-order valence-corrected chi connectivity index (χ1v) is 6.46. The van der Waals surface area contributed by atoms with Crippen molar-refractivity contribution in [2.24, 2.45) is 11.8 Å². The summed E-state index contributed by atoms with van der Waals surface area (Å²) in [5.41, 5.74) is 0. The van der Waals surface area contributed by atoms with Gasteiger partial charge in [-0.25, -0.2) is 0 Å². The van der Waals surface area contributed by atoms with Crippen LogP contribution < -0.4 is 0 Å². The van der Waals surface area contributed by atoms with Crippen LogP contribution in [-0.4, -0.2) is 32.1 Å². The Morgan fingerprint density at radius 2 is 1.53 bits per heavy atom. The molecule has 0 heterocycles. The van der Waals surface area contributed by atoms with Gasteiger partial charge in [0.2, 0.25) is 0 Å². The minimum absolute atomic E-state index is 0.160. The highest BCUT2D eigenvalue weighted by molar-refractivity contribution is 5.72. The Hall–Kier alpha value is -0.610. The molecular formula is C13H26O4. The third-order valence-electron chi connectivity index (χ3n) is 2.55. The van der Waals surface area contributed by atoms with Gasteiger partial charge in [0, 0.05) is 19.6 Å². The quantitative estimate of drug-likeness (QED) is 0.463. The molecule has 4 heteroatoms. The van der Waals surface area contributed by atoms with Crippen LogP contribution in [0, 0.1) is 11.8 Å². The first-order valence-electron chi connectivity index (χ1n) is 6.46. The predicted molar refractivity (Wildman–Crippen MR) is 66.6 cm³/mol. The van der Waals surface area contributed by atoms with Gasteiger partial charge < -0.3 is 14.2 Å². The van der Waals surface area contributed by atoms with Gasteiger partial charge in [-0.3, -0.25) is 4.79 Å². The van der Waals surface area contributed by atoms with Gasteiger partial charge >= 0.3 is 5.97 Å². The molecule has 0 N–H and O–H groups in total. The summed E-state index contributed by atoms with van der Waals surface area (Å²) in [5.74, 6) is -0.109. The van der Waals surface area contributed by atoms with E-state index in [1.54, 1.807) is 0 Å². The molecule has 4 nitrogen and oxygen atoms in total. The van der Waals surface area contributed by atoms with Gasteiger partial charge in [0.05, 0.1) is 12.5 Å². The average Bonchev–Trinajstić information content (AvgIpc) is 2.26. The predicted octanol–water partition coefficient (Wildman–Crippen LogP) is 2.61. The van der Waals surface area contributed by atoms with Crippen LogP contribution in [0.2, 0.25) is 0 Å². The van der Waals surface area contributed by atoms with Crippen molar-refractivity contribution < 1.29 is 19.0 Å². The normalized spacial score (nSPS) is 13.1. The summed E-state index contributed by atoms with van der Waals surface area (Å²) in [6.07, 6.45) is 0.236. The lowest BCUT2D eigenvalue weighted by Gasteiger charge is -2.24. The van der Waals surface area contributed by atoms with Gasteiger partial charge in [-0.15, -0.1) is 0 Å². The zero-order chi connectivity index (χ0) is 13.3. The molecule has 0 aliphatic rings. The van der Waals surface area contributed by atoms with Crippen LogP contribution in [0.25, 0.3) is 0 Å². The first kappa shape index (κ1) is 16.4. The van der Waals surface area contributed by atoms with E-state index in [0.717, 1.165) is 0 Å². The first-order chi connectivity index (χ1) is 8.06. The van der Waals surface area contributed by atoms with Crippen molar-refractivity contribution in [2.45, 2.75) is 47.3 Å². The lowest BCUT2D eigenvalue weighted by Crippen LogP contribution is -2.30. The molecule has 1 atom stereocenters. The van der Waals surface area contributed by atoms with Gasteiger partial charge in [0.1, 0.15) is 0 Å². The van der Waals surface area contributed by atoms with E-state index in [2.05, 4.69) is 0 Å². The number of carbonyl (C=O) groups excluding carboxylic acids is 1. The number of ether oxygens (including phenoxy) is 3. The molecule has 0 rings (SSSR count). The zero-order valence-electron chi connectivity index (χ0n) is 11.7. The molecule has 102 valence electrons. The Morgan fingerprint density at radius 1 is 1.00 bits per heavy atom. The minimum Gasteiger partial charge on any atom is -0.466 e. The summed E-state index contributed by atoms with van der Waals surface area (Å²) in [6.45, 7) is 11.2. The number of esters is 1. The van der Waals surface area contributed by atoms with E-state index in [0.29, 0.717) is 26.2 Å².